The Labute approximate surface area is 249 Å². The fourth-order valence-corrected chi connectivity index (χ4v) is 7.88. The van der Waals surface area contributed by atoms with Crippen LogP contribution in [-0.2, 0) is 21.4 Å². The van der Waals surface area contributed by atoms with Gasteiger partial charge in [-0.1, -0.05) is 41.4 Å². The molecule has 3 aromatic rings. The number of piperidine rings is 1. The molecule has 2 fully saturated rings. The highest BCUT2D eigenvalue weighted by atomic mass is 35.5. The number of aryl methyl sites for hydroxylation is 1. The van der Waals surface area contributed by atoms with Crippen molar-refractivity contribution < 1.29 is 17.9 Å². The third kappa shape index (κ3) is 6.23. The average molecular weight is 620 g/mol. The number of carbonyl (C=O) groups excluding carboxylic acids is 1. The molecule has 3 heterocycles. The van der Waals surface area contributed by atoms with E-state index in [1.165, 1.54) is 16.4 Å². The summed E-state index contributed by atoms with van der Waals surface area (Å²) in [5, 5.41) is 7.75. The van der Waals surface area contributed by atoms with Gasteiger partial charge in [-0.25, -0.2) is 13.4 Å². The zero-order valence-electron chi connectivity index (χ0n) is 22.6. The fraction of sp³-hybridized carbons (Fsp3) is 0.393. The average Bonchev–Trinajstić information content (AvgIpc) is 3.46. The van der Waals surface area contributed by atoms with E-state index in [1.807, 2.05) is 36.1 Å². The number of para-hydroxylation sites is 1. The third-order valence-corrected chi connectivity index (χ3v) is 10.4. The second-order valence-electron chi connectivity index (χ2n) is 10.3. The lowest BCUT2D eigenvalue weighted by Gasteiger charge is -2.32. The van der Waals surface area contributed by atoms with Gasteiger partial charge in [0.25, 0.3) is 0 Å². The minimum absolute atomic E-state index is 0.0260. The van der Waals surface area contributed by atoms with Gasteiger partial charge in [-0.2, -0.15) is 9.41 Å². The maximum absolute atomic E-state index is 13.9. The van der Waals surface area contributed by atoms with Crippen molar-refractivity contribution in [3.8, 4) is 5.75 Å². The number of ether oxygens (including phenoxy) is 1. The Kier molecular flexibility index (Phi) is 8.88. The molecular formula is C28H32Cl2N6O4S. The molecule has 2 aromatic carbocycles. The number of nitrogens with zero attached hydrogens (tertiary/aromatic N) is 4. The number of amides is 1. The first kappa shape index (κ1) is 29.4. The molecule has 13 heteroatoms. The van der Waals surface area contributed by atoms with Gasteiger partial charge in [0, 0.05) is 47.3 Å². The number of benzene rings is 2. The number of halogens is 2. The van der Waals surface area contributed by atoms with Crippen LogP contribution in [-0.4, -0.2) is 66.6 Å². The van der Waals surface area contributed by atoms with Crippen LogP contribution in [0.3, 0.4) is 0 Å². The van der Waals surface area contributed by atoms with E-state index in [0.29, 0.717) is 42.8 Å². The number of hydrogen-bond acceptors (Lipinski definition) is 7. The SMILES string of the molecule is Cc1ccc2cccc(OCc3c(Cl)ccc(S(=O)(=O)N4CCC[C@H]4C(=O)NC4CCN(C=NN)CC4)c3Cl)c2n1. The molecule has 1 atom stereocenters. The second kappa shape index (κ2) is 12.4. The first-order valence-electron chi connectivity index (χ1n) is 13.4. The van der Waals surface area contributed by atoms with Crippen molar-refractivity contribution in [2.24, 2.45) is 10.9 Å². The van der Waals surface area contributed by atoms with Gasteiger partial charge >= 0.3 is 0 Å². The van der Waals surface area contributed by atoms with Gasteiger partial charge in [-0.05, 0) is 56.9 Å². The predicted octanol–water partition coefficient (Wildman–Crippen LogP) is 4.06. The van der Waals surface area contributed by atoms with Crippen LogP contribution in [0, 0.1) is 6.92 Å². The van der Waals surface area contributed by atoms with Crippen molar-refractivity contribution in [3.05, 3.63) is 63.8 Å². The number of rotatable bonds is 8. The summed E-state index contributed by atoms with van der Waals surface area (Å²) in [5.74, 6) is 5.46. The number of carbonyl (C=O) groups is 1. The molecule has 0 aliphatic carbocycles. The Hall–Kier alpha value is -3.12. The quantitative estimate of drug-likeness (QED) is 0.168. The summed E-state index contributed by atoms with van der Waals surface area (Å²) in [7, 11) is -4.11. The number of nitrogens with one attached hydrogen (secondary N) is 1. The van der Waals surface area contributed by atoms with Gasteiger partial charge in [0.2, 0.25) is 15.9 Å². The van der Waals surface area contributed by atoms with Gasteiger partial charge in [0.1, 0.15) is 35.1 Å². The Balaban J connectivity index is 1.33. The van der Waals surface area contributed by atoms with Crippen LogP contribution in [0.5, 0.6) is 5.75 Å². The van der Waals surface area contributed by atoms with Crippen LogP contribution in [0.2, 0.25) is 10.0 Å². The van der Waals surface area contributed by atoms with Crippen LogP contribution in [0.4, 0.5) is 0 Å². The van der Waals surface area contributed by atoms with Gasteiger partial charge < -0.3 is 20.8 Å². The summed E-state index contributed by atoms with van der Waals surface area (Å²) in [6, 6.07) is 11.5. The Bertz CT molecular complexity index is 1580. The molecule has 41 heavy (non-hydrogen) atoms. The molecule has 1 aromatic heterocycles. The number of pyridine rings is 1. The van der Waals surface area contributed by atoms with Crippen molar-refractivity contribution in [2.45, 2.75) is 56.2 Å². The molecule has 218 valence electrons. The van der Waals surface area contributed by atoms with E-state index in [1.54, 1.807) is 12.4 Å². The Morgan fingerprint density at radius 2 is 1.93 bits per heavy atom. The highest BCUT2D eigenvalue weighted by molar-refractivity contribution is 7.89. The molecule has 0 saturated carbocycles. The number of fused-ring (bicyclic) bond motifs is 1. The maximum atomic E-state index is 13.9. The second-order valence-corrected chi connectivity index (χ2v) is 12.9. The number of aromatic nitrogens is 1. The minimum atomic E-state index is -4.11. The molecule has 0 radical (unpaired) electrons. The first-order valence-corrected chi connectivity index (χ1v) is 15.6. The molecule has 1 amide bonds. The highest BCUT2D eigenvalue weighted by Crippen LogP contribution is 2.36. The fourth-order valence-electron chi connectivity index (χ4n) is 5.36. The van der Waals surface area contributed by atoms with E-state index in [4.69, 9.17) is 33.8 Å². The van der Waals surface area contributed by atoms with Crippen molar-refractivity contribution in [3.63, 3.8) is 0 Å². The molecule has 2 aliphatic rings. The number of hydrazone groups is 1. The van der Waals surface area contributed by atoms with Crippen LogP contribution >= 0.6 is 23.2 Å². The lowest BCUT2D eigenvalue weighted by molar-refractivity contribution is -0.125. The minimum Gasteiger partial charge on any atom is -0.487 e. The van der Waals surface area contributed by atoms with Crippen molar-refractivity contribution >= 4 is 56.4 Å². The molecule has 2 saturated heterocycles. The molecule has 0 bridgehead atoms. The molecule has 3 N–H and O–H groups in total. The summed E-state index contributed by atoms with van der Waals surface area (Å²) >= 11 is 13.2. The van der Waals surface area contributed by atoms with Gasteiger partial charge in [-0.3, -0.25) is 4.79 Å². The summed E-state index contributed by atoms with van der Waals surface area (Å²) in [6.07, 6.45) is 4.01. The van der Waals surface area contributed by atoms with Crippen molar-refractivity contribution in [1.29, 1.82) is 0 Å². The van der Waals surface area contributed by atoms with Gasteiger partial charge in [-0.15, -0.1) is 0 Å². The maximum Gasteiger partial charge on any atom is 0.245 e. The molecule has 0 spiro atoms. The number of hydrogen-bond donors (Lipinski definition) is 2. The summed E-state index contributed by atoms with van der Waals surface area (Å²) in [5.41, 5.74) is 1.87. The molecular weight excluding hydrogens is 587 g/mol. The molecule has 5 rings (SSSR count). The largest absolute Gasteiger partial charge is 0.487 e. The Morgan fingerprint density at radius 3 is 2.68 bits per heavy atom. The zero-order valence-corrected chi connectivity index (χ0v) is 24.9. The monoisotopic (exact) mass is 618 g/mol. The van der Waals surface area contributed by atoms with Gasteiger partial charge in [0.15, 0.2) is 0 Å². The van der Waals surface area contributed by atoms with E-state index >= 15 is 0 Å². The van der Waals surface area contributed by atoms with Crippen LogP contribution in [0.25, 0.3) is 10.9 Å². The standard InChI is InChI=1S/C28H32Cl2N6O4S/c1-18-7-8-19-4-2-6-24(27(19)33-18)40-16-21-22(29)9-10-25(26(21)30)41(38,39)36-13-3-5-23(36)28(37)34-20-11-14-35(15-12-20)17-32-31/h2,4,6-10,17,20,23H,3,5,11-16,31H2,1H3,(H,34,37)/t23-/m0/s1. The lowest BCUT2D eigenvalue weighted by atomic mass is 10.0. The topological polar surface area (TPSA) is 130 Å². The summed E-state index contributed by atoms with van der Waals surface area (Å²) in [4.78, 5) is 19.7. The predicted molar refractivity (Wildman–Crippen MR) is 160 cm³/mol. The lowest BCUT2D eigenvalue weighted by Crippen LogP contribution is -2.51. The normalized spacial score (nSPS) is 18.8. The smallest absolute Gasteiger partial charge is 0.245 e. The van der Waals surface area contributed by atoms with Crippen LogP contribution < -0.4 is 15.9 Å². The highest BCUT2D eigenvalue weighted by Gasteiger charge is 2.41. The van der Waals surface area contributed by atoms with Gasteiger partial charge in [0.05, 0.1) is 5.02 Å². The van der Waals surface area contributed by atoms with Crippen molar-refractivity contribution in [2.75, 3.05) is 19.6 Å². The number of sulfonamides is 1. The van der Waals surface area contributed by atoms with Crippen LogP contribution in [0.15, 0.2) is 52.5 Å². The molecule has 10 nitrogen and oxygen atoms in total. The Morgan fingerprint density at radius 1 is 1.15 bits per heavy atom. The number of nitrogens with two attached hydrogens (primary N) is 1. The van der Waals surface area contributed by atoms with E-state index in [0.717, 1.165) is 23.9 Å². The van der Waals surface area contributed by atoms with E-state index < -0.39 is 16.1 Å². The molecule has 2 aliphatic heterocycles. The van der Waals surface area contributed by atoms with E-state index in [9.17, 15) is 13.2 Å². The molecule has 0 unspecified atom stereocenters. The van der Waals surface area contributed by atoms with E-state index in [-0.39, 0.29) is 40.0 Å². The summed E-state index contributed by atoms with van der Waals surface area (Å²) < 4.78 is 35.0. The van der Waals surface area contributed by atoms with Crippen LogP contribution in [0.1, 0.15) is 36.9 Å². The zero-order chi connectivity index (χ0) is 29.1. The number of likely N-dealkylation sites (tertiary alicyclic amines) is 1. The third-order valence-electron chi connectivity index (χ3n) is 7.54. The summed E-state index contributed by atoms with van der Waals surface area (Å²) in [6.45, 7) is 3.46. The van der Waals surface area contributed by atoms with Crippen molar-refractivity contribution in [1.82, 2.24) is 19.5 Å². The first-order chi connectivity index (χ1) is 19.7. The van der Waals surface area contributed by atoms with E-state index in [2.05, 4.69) is 15.4 Å².